The molecule has 1 aliphatic carbocycles. The number of nitrogens with one attached hydrogen (secondary N) is 1. The van der Waals surface area contributed by atoms with Gasteiger partial charge in [0.05, 0.1) is 15.5 Å². The van der Waals surface area contributed by atoms with Gasteiger partial charge in [0, 0.05) is 25.4 Å². The van der Waals surface area contributed by atoms with E-state index in [1.165, 1.54) is 17.6 Å². The number of rotatable bonds is 4. The van der Waals surface area contributed by atoms with Crippen molar-refractivity contribution in [3.63, 3.8) is 0 Å². The van der Waals surface area contributed by atoms with Crippen LogP contribution in [0.3, 0.4) is 0 Å². The monoisotopic (exact) mass is 365 g/mol. The third-order valence-electron chi connectivity index (χ3n) is 4.52. The summed E-state index contributed by atoms with van der Waals surface area (Å²) < 4.78 is 24.7. The van der Waals surface area contributed by atoms with Gasteiger partial charge in [-0.15, -0.1) is 0 Å². The second kappa shape index (κ2) is 5.70. The van der Waals surface area contributed by atoms with Crippen LogP contribution in [-0.4, -0.2) is 44.7 Å². The molecule has 0 radical (unpaired) electrons. The van der Waals surface area contributed by atoms with E-state index in [1.54, 1.807) is 12.1 Å². The molecule has 1 saturated heterocycles. The van der Waals surface area contributed by atoms with Gasteiger partial charge in [0.25, 0.3) is 0 Å². The van der Waals surface area contributed by atoms with Crippen LogP contribution in [-0.2, 0) is 14.6 Å². The van der Waals surface area contributed by atoms with Gasteiger partial charge in [0.15, 0.2) is 15.0 Å². The molecule has 1 unspecified atom stereocenters. The minimum absolute atomic E-state index is 0.00742. The Hall–Kier alpha value is -1.67. The van der Waals surface area contributed by atoms with Crippen LogP contribution in [0.1, 0.15) is 19.3 Å². The van der Waals surface area contributed by atoms with Crippen LogP contribution in [0.5, 0.6) is 0 Å². The molecule has 24 heavy (non-hydrogen) atoms. The lowest BCUT2D eigenvalue weighted by atomic mass is 10.1. The zero-order valence-electron chi connectivity index (χ0n) is 13.4. The minimum Gasteiger partial charge on any atom is -0.353 e. The molecule has 2 aliphatic rings. The van der Waals surface area contributed by atoms with E-state index < -0.39 is 9.84 Å². The fourth-order valence-corrected chi connectivity index (χ4v) is 4.97. The molecule has 4 rings (SSSR count). The van der Waals surface area contributed by atoms with Gasteiger partial charge in [-0.2, -0.15) is 0 Å². The number of benzene rings is 1. The van der Waals surface area contributed by atoms with Crippen molar-refractivity contribution in [3.05, 3.63) is 18.2 Å². The van der Waals surface area contributed by atoms with E-state index in [0.717, 1.165) is 35.6 Å². The lowest BCUT2D eigenvalue weighted by Gasteiger charge is -2.14. The van der Waals surface area contributed by atoms with Gasteiger partial charge < -0.3 is 10.2 Å². The molecule has 128 valence electrons. The highest BCUT2D eigenvalue weighted by atomic mass is 32.2. The maximum atomic E-state index is 12.2. The first-order valence-corrected chi connectivity index (χ1v) is 10.8. The van der Waals surface area contributed by atoms with Crippen molar-refractivity contribution >= 4 is 42.4 Å². The van der Waals surface area contributed by atoms with Crippen LogP contribution in [0.15, 0.2) is 23.1 Å². The van der Waals surface area contributed by atoms with Gasteiger partial charge in [0.1, 0.15) is 5.52 Å². The molecule has 2 fully saturated rings. The maximum absolute atomic E-state index is 12.2. The first kappa shape index (κ1) is 15.8. The molecule has 0 spiro atoms. The Morgan fingerprint density at radius 1 is 1.33 bits per heavy atom. The third-order valence-corrected chi connectivity index (χ3v) is 6.73. The Kier molecular flexibility index (Phi) is 3.76. The maximum Gasteiger partial charge on any atom is 0.225 e. The summed E-state index contributed by atoms with van der Waals surface area (Å²) in [6.07, 6.45) is 4.20. The molecule has 1 N–H and O–H groups in total. The molecule has 1 atom stereocenters. The first-order valence-electron chi connectivity index (χ1n) is 8.07. The summed E-state index contributed by atoms with van der Waals surface area (Å²) in [4.78, 5) is 19.1. The fourth-order valence-electron chi connectivity index (χ4n) is 3.04. The lowest BCUT2D eigenvalue weighted by Crippen LogP contribution is -2.34. The quantitative estimate of drug-likeness (QED) is 0.894. The topological polar surface area (TPSA) is 79.4 Å². The standard InChI is InChI=1S/C16H19N3O3S2/c1-24(21,22)13-4-2-3-12-14(13)18-16(23-12)19-8-7-10(9-19)15(20)17-11-5-6-11/h2-4,10-11H,5-9H2,1H3,(H,17,20). The number of sulfone groups is 1. The van der Waals surface area contributed by atoms with Gasteiger partial charge >= 0.3 is 0 Å². The Balaban J connectivity index is 1.57. The van der Waals surface area contributed by atoms with Gasteiger partial charge in [-0.05, 0) is 31.4 Å². The van der Waals surface area contributed by atoms with Gasteiger partial charge in [-0.3, -0.25) is 4.79 Å². The number of fused-ring (bicyclic) bond motifs is 1. The van der Waals surface area contributed by atoms with E-state index in [9.17, 15) is 13.2 Å². The van der Waals surface area contributed by atoms with Crippen molar-refractivity contribution in [2.24, 2.45) is 5.92 Å². The van der Waals surface area contributed by atoms with Crippen LogP contribution in [0, 0.1) is 5.92 Å². The number of carbonyl (C=O) groups is 1. The number of thiazole rings is 1. The summed E-state index contributed by atoms with van der Waals surface area (Å²) in [6, 6.07) is 5.61. The number of nitrogens with zero attached hydrogens (tertiary/aromatic N) is 2. The van der Waals surface area contributed by atoms with Gasteiger partial charge in [-0.1, -0.05) is 17.4 Å². The molecule has 1 amide bonds. The van der Waals surface area contributed by atoms with Crippen molar-refractivity contribution in [1.82, 2.24) is 10.3 Å². The molecule has 1 aromatic heterocycles. The largest absolute Gasteiger partial charge is 0.353 e. The minimum atomic E-state index is -3.31. The zero-order chi connectivity index (χ0) is 16.9. The van der Waals surface area contributed by atoms with Crippen molar-refractivity contribution in [1.29, 1.82) is 0 Å². The third kappa shape index (κ3) is 3.00. The number of para-hydroxylation sites is 1. The van der Waals surface area contributed by atoms with Crippen LogP contribution in [0.25, 0.3) is 10.2 Å². The summed E-state index contributed by atoms with van der Waals surface area (Å²) >= 11 is 1.48. The SMILES string of the molecule is CS(=O)(=O)c1cccc2sc(N3CCC(C(=O)NC4CC4)C3)nc12. The van der Waals surface area contributed by atoms with Crippen LogP contribution in [0.4, 0.5) is 5.13 Å². The summed E-state index contributed by atoms with van der Waals surface area (Å²) in [5.41, 5.74) is 0.533. The lowest BCUT2D eigenvalue weighted by molar-refractivity contribution is -0.124. The van der Waals surface area contributed by atoms with Gasteiger partial charge in [-0.25, -0.2) is 13.4 Å². The molecule has 1 aromatic carbocycles. The average Bonchev–Trinajstić information content (AvgIpc) is 3.03. The van der Waals surface area contributed by atoms with E-state index in [0.29, 0.717) is 18.1 Å². The molecule has 8 heteroatoms. The van der Waals surface area contributed by atoms with Crippen LogP contribution >= 0.6 is 11.3 Å². The summed E-state index contributed by atoms with van der Waals surface area (Å²) in [7, 11) is -3.31. The molecular formula is C16H19N3O3S2. The molecule has 1 aliphatic heterocycles. The fraction of sp³-hybridized carbons (Fsp3) is 0.500. The van der Waals surface area contributed by atoms with Crippen molar-refractivity contribution in [3.8, 4) is 0 Å². The molecular weight excluding hydrogens is 346 g/mol. The number of aromatic nitrogens is 1. The second-order valence-electron chi connectivity index (χ2n) is 6.59. The molecule has 6 nitrogen and oxygen atoms in total. The first-order chi connectivity index (χ1) is 11.4. The number of hydrogen-bond donors (Lipinski definition) is 1. The number of carbonyl (C=O) groups excluding carboxylic acids is 1. The highest BCUT2D eigenvalue weighted by Gasteiger charge is 2.33. The van der Waals surface area contributed by atoms with Gasteiger partial charge in [0.2, 0.25) is 5.91 Å². The summed E-state index contributed by atoms with van der Waals surface area (Å²) in [6.45, 7) is 1.42. The Bertz CT molecular complexity index is 902. The molecule has 2 aromatic rings. The predicted octanol–water partition coefficient (Wildman–Crippen LogP) is 1.80. The van der Waals surface area contributed by atoms with Crippen molar-refractivity contribution < 1.29 is 13.2 Å². The Morgan fingerprint density at radius 2 is 2.12 bits per heavy atom. The van der Waals surface area contributed by atoms with E-state index >= 15 is 0 Å². The number of hydrogen-bond acceptors (Lipinski definition) is 6. The zero-order valence-corrected chi connectivity index (χ0v) is 15.0. The van der Waals surface area contributed by atoms with E-state index in [-0.39, 0.29) is 16.7 Å². The van der Waals surface area contributed by atoms with Crippen molar-refractivity contribution in [2.45, 2.75) is 30.2 Å². The molecule has 1 saturated carbocycles. The van der Waals surface area contributed by atoms with Crippen LogP contribution < -0.4 is 10.2 Å². The van der Waals surface area contributed by atoms with E-state index in [2.05, 4.69) is 15.2 Å². The van der Waals surface area contributed by atoms with Crippen molar-refractivity contribution in [2.75, 3.05) is 24.2 Å². The number of anilines is 1. The summed E-state index contributed by atoms with van der Waals surface area (Å²) in [5.74, 6) is 0.130. The van der Waals surface area contributed by atoms with Crippen LogP contribution in [0.2, 0.25) is 0 Å². The highest BCUT2D eigenvalue weighted by Crippen LogP contribution is 2.35. The normalized spacial score (nSPS) is 21.4. The Labute approximate surface area is 144 Å². The highest BCUT2D eigenvalue weighted by molar-refractivity contribution is 7.91. The van der Waals surface area contributed by atoms with E-state index in [1.807, 2.05) is 6.07 Å². The second-order valence-corrected chi connectivity index (χ2v) is 9.58. The Morgan fingerprint density at radius 3 is 2.83 bits per heavy atom. The molecule has 2 heterocycles. The summed E-state index contributed by atoms with van der Waals surface area (Å²) in [5, 5.41) is 3.86. The average molecular weight is 365 g/mol. The smallest absolute Gasteiger partial charge is 0.225 e. The van der Waals surface area contributed by atoms with E-state index in [4.69, 9.17) is 0 Å². The number of amides is 1. The predicted molar refractivity (Wildman–Crippen MR) is 94.2 cm³/mol. The molecule has 0 bridgehead atoms.